The number of carbonyl (C=O) groups is 3. The number of hydrogen-bond donors (Lipinski definition) is 2. The minimum atomic E-state index is -0.724. The summed E-state index contributed by atoms with van der Waals surface area (Å²) in [6.07, 6.45) is 1.01. The lowest BCUT2D eigenvalue weighted by molar-refractivity contribution is -0.171. The molecule has 3 amide bonds. The van der Waals surface area contributed by atoms with Gasteiger partial charge in [0.15, 0.2) is 0 Å². The molecule has 0 aromatic carbocycles. The minimum absolute atomic E-state index is 0.0470. The smallest absolute Gasteiger partial charge is 0.252 e. The fourth-order valence-electron chi connectivity index (χ4n) is 2.86. The van der Waals surface area contributed by atoms with E-state index in [4.69, 9.17) is 0 Å². The molecule has 0 aromatic heterocycles. The van der Waals surface area contributed by atoms with Gasteiger partial charge < -0.3 is 10.2 Å². The Labute approximate surface area is 92.4 Å². The van der Waals surface area contributed by atoms with Crippen molar-refractivity contribution in [1.29, 1.82) is 0 Å². The average Bonchev–Trinajstić information content (AvgIpc) is 2.17. The molecule has 4 fully saturated rings. The number of amides is 3. The highest BCUT2D eigenvalue weighted by Gasteiger charge is 2.61. The molecule has 2 N–H and O–H groups in total. The number of nitrogens with zero attached hydrogens (tertiary/aromatic N) is 1. The Morgan fingerprint density at radius 3 is 2.62 bits per heavy atom. The van der Waals surface area contributed by atoms with Gasteiger partial charge in [-0.25, -0.2) is 0 Å². The van der Waals surface area contributed by atoms with Crippen molar-refractivity contribution in [3.63, 3.8) is 0 Å². The number of imide groups is 1. The largest absolute Gasteiger partial charge is 0.326 e. The number of carbonyl (C=O) groups excluding carboxylic acids is 3. The molecular formula is C10H13N3O3. The summed E-state index contributed by atoms with van der Waals surface area (Å²) in [5.74, 6) is -0.612. The lowest BCUT2D eigenvalue weighted by atomic mass is 9.63. The third kappa shape index (κ3) is 1.07. The number of piperazine rings is 1. The van der Waals surface area contributed by atoms with Crippen LogP contribution in [0.3, 0.4) is 0 Å². The fraction of sp³-hybridized carbons (Fsp3) is 0.700. The standard InChI is InChI=1S/C10H13N3O3/c14-7-5-11-1-2-13(7)10-3-6(4-10)8(15)12-9(10)16/h6,11H,1-5H2,(H,12,15,16). The van der Waals surface area contributed by atoms with Crippen LogP contribution in [0.15, 0.2) is 0 Å². The lowest BCUT2D eigenvalue weighted by Crippen LogP contribution is -2.75. The summed E-state index contributed by atoms with van der Waals surface area (Å²) in [4.78, 5) is 36.6. The molecular weight excluding hydrogens is 210 g/mol. The van der Waals surface area contributed by atoms with Crippen LogP contribution in [0, 0.1) is 5.92 Å². The first-order valence-corrected chi connectivity index (χ1v) is 5.50. The van der Waals surface area contributed by atoms with E-state index in [2.05, 4.69) is 10.6 Å². The van der Waals surface area contributed by atoms with Gasteiger partial charge in [0.25, 0.3) is 5.91 Å². The van der Waals surface area contributed by atoms with E-state index in [0.717, 1.165) is 0 Å². The van der Waals surface area contributed by atoms with Crippen molar-refractivity contribution in [2.24, 2.45) is 5.92 Å². The van der Waals surface area contributed by atoms with Crippen molar-refractivity contribution in [2.45, 2.75) is 18.4 Å². The molecule has 1 saturated carbocycles. The molecule has 86 valence electrons. The zero-order chi connectivity index (χ0) is 11.3. The summed E-state index contributed by atoms with van der Waals surface area (Å²) in [5, 5.41) is 5.32. The van der Waals surface area contributed by atoms with Crippen molar-refractivity contribution in [3.8, 4) is 0 Å². The number of rotatable bonds is 1. The maximum atomic E-state index is 11.9. The van der Waals surface area contributed by atoms with Crippen molar-refractivity contribution in [2.75, 3.05) is 19.6 Å². The highest BCUT2D eigenvalue weighted by atomic mass is 16.2. The molecule has 3 saturated heterocycles. The van der Waals surface area contributed by atoms with Gasteiger partial charge in [-0.2, -0.15) is 0 Å². The molecule has 0 spiro atoms. The Hall–Kier alpha value is -1.43. The van der Waals surface area contributed by atoms with Crippen LogP contribution in [0.2, 0.25) is 0 Å². The second kappa shape index (κ2) is 3.04. The first-order chi connectivity index (χ1) is 7.63. The van der Waals surface area contributed by atoms with E-state index in [9.17, 15) is 14.4 Å². The summed E-state index contributed by atoms with van der Waals surface area (Å²) in [6.45, 7) is 1.54. The van der Waals surface area contributed by atoms with Crippen LogP contribution >= 0.6 is 0 Å². The van der Waals surface area contributed by atoms with E-state index in [1.165, 1.54) is 0 Å². The zero-order valence-corrected chi connectivity index (χ0v) is 8.78. The lowest BCUT2D eigenvalue weighted by Gasteiger charge is -2.55. The van der Waals surface area contributed by atoms with Crippen LogP contribution in [0.1, 0.15) is 12.8 Å². The normalized spacial score (nSPS) is 38.1. The number of fused-ring (bicyclic) bond motifs is 2. The van der Waals surface area contributed by atoms with Gasteiger partial charge in [0.05, 0.1) is 6.54 Å². The fourth-order valence-corrected chi connectivity index (χ4v) is 2.86. The molecule has 1 aliphatic carbocycles. The Morgan fingerprint density at radius 2 is 2.00 bits per heavy atom. The predicted octanol–water partition coefficient (Wildman–Crippen LogP) is -1.78. The maximum Gasteiger partial charge on any atom is 0.252 e. The molecule has 3 heterocycles. The first kappa shape index (κ1) is 9.77. The van der Waals surface area contributed by atoms with E-state index >= 15 is 0 Å². The van der Waals surface area contributed by atoms with E-state index in [1.807, 2.05) is 0 Å². The molecule has 0 radical (unpaired) electrons. The monoisotopic (exact) mass is 223 g/mol. The van der Waals surface area contributed by atoms with E-state index in [0.29, 0.717) is 25.9 Å². The van der Waals surface area contributed by atoms with Crippen molar-refractivity contribution in [1.82, 2.24) is 15.5 Å². The predicted molar refractivity (Wildman–Crippen MR) is 53.2 cm³/mol. The van der Waals surface area contributed by atoms with Crippen LogP contribution in [-0.4, -0.2) is 47.8 Å². The van der Waals surface area contributed by atoms with Gasteiger partial charge in [0.1, 0.15) is 5.54 Å². The molecule has 4 aliphatic rings. The zero-order valence-electron chi connectivity index (χ0n) is 8.78. The van der Waals surface area contributed by atoms with Crippen LogP contribution in [0.25, 0.3) is 0 Å². The molecule has 0 unspecified atom stereocenters. The third-order valence-electron chi connectivity index (χ3n) is 3.80. The van der Waals surface area contributed by atoms with Gasteiger partial charge in [0.2, 0.25) is 11.8 Å². The molecule has 0 atom stereocenters. The Bertz CT molecular complexity index is 387. The molecule has 16 heavy (non-hydrogen) atoms. The van der Waals surface area contributed by atoms with Crippen LogP contribution < -0.4 is 10.6 Å². The Kier molecular flexibility index (Phi) is 1.85. The third-order valence-corrected chi connectivity index (χ3v) is 3.80. The second-order valence-electron chi connectivity index (χ2n) is 4.68. The van der Waals surface area contributed by atoms with Gasteiger partial charge in [-0.3, -0.25) is 19.7 Å². The van der Waals surface area contributed by atoms with Gasteiger partial charge in [-0.05, 0) is 12.8 Å². The second-order valence-corrected chi connectivity index (χ2v) is 4.68. The molecule has 3 aliphatic heterocycles. The molecule has 6 heteroatoms. The van der Waals surface area contributed by atoms with Gasteiger partial charge >= 0.3 is 0 Å². The average molecular weight is 223 g/mol. The van der Waals surface area contributed by atoms with Crippen molar-refractivity contribution >= 4 is 17.7 Å². The van der Waals surface area contributed by atoms with Crippen molar-refractivity contribution < 1.29 is 14.4 Å². The summed E-state index contributed by atoms with van der Waals surface area (Å²) >= 11 is 0. The van der Waals surface area contributed by atoms with Gasteiger partial charge in [0, 0.05) is 19.0 Å². The Balaban J connectivity index is 1.87. The Morgan fingerprint density at radius 1 is 1.25 bits per heavy atom. The van der Waals surface area contributed by atoms with E-state index in [1.54, 1.807) is 4.90 Å². The topological polar surface area (TPSA) is 78.5 Å². The van der Waals surface area contributed by atoms with Crippen LogP contribution in [0.5, 0.6) is 0 Å². The molecule has 0 aromatic rings. The summed E-state index contributed by atoms with van der Waals surface area (Å²) in [7, 11) is 0. The molecule has 6 nitrogen and oxygen atoms in total. The minimum Gasteiger partial charge on any atom is -0.326 e. The van der Waals surface area contributed by atoms with Crippen LogP contribution in [-0.2, 0) is 14.4 Å². The quantitative estimate of drug-likeness (QED) is 0.515. The number of nitrogens with one attached hydrogen (secondary N) is 2. The summed E-state index contributed by atoms with van der Waals surface area (Å²) in [5.41, 5.74) is -0.724. The van der Waals surface area contributed by atoms with E-state index in [-0.39, 0.29) is 30.2 Å². The van der Waals surface area contributed by atoms with E-state index < -0.39 is 5.54 Å². The number of hydrogen-bond acceptors (Lipinski definition) is 4. The summed E-state index contributed by atoms with van der Waals surface area (Å²) in [6, 6.07) is 0. The first-order valence-electron chi connectivity index (χ1n) is 5.50. The highest BCUT2D eigenvalue weighted by Crippen LogP contribution is 2.46. The highest BCUT2D eigenvalue weighted by molar-refractivity contribution is 6.08. The van der Waals surface area contributed by atoms with Crippen LogP contribution in [0.4, 0.5) is 0 Å². The maximum absolute atomic E-state index is 11.9. The number of piperidine rings is 2. The summed E-state index contributed by atoms with van der Waals surface area (Å²) < 4.78 is 0. The molecule has 2 bridgehead atoms. The van der Waals surface area contributed by atoms with Gasteiger partial charge in [-0.1, -0.05) is 0 Å². The van der Waals surface area contributed by atoms with Gasteiger partial charge in [-0.15, -0.1) is 0 Å². The van der Waals surface area contributed by atoms with Crippen molar-refractivity contribution in [3.05, 3.63) is 0 Å². The molecule has 4 rings (SSSR count). The SMILES string of the molecule is O=C1NC(=O)C2(N3CCNCC3=O)CC1C2.